The Bertz CT molecular complexity index is 732. The number of carbonyl (C=O) groups is 1. The van der Waals surface area contributed by atoms with Gasteiger partial charge in [-0.2, -0.15) is 0 Å². The number of rotatable bonds is 8. The molecule has 0 aliphatic heterocycles. The summed E-state index contributed by atoms with van der Waals surface area (Å²) in [4.78, 5) is 20.8. The molecule has 124 valence electrons. The molecule has 24 heavy (non-hydrogen) atoms. The van der Waals surface area contributed by atoms with Gasteiger partial charge in [-0.3, -0.25) is 9.78 Å². The van der Waals surface area contributed by atoms with Crippen LogP contribution in [-0.2, 0) is 11.2 Å². The topological polar surface area (TPSA) is 45.8 Å². The van der Waals surface area contributed by atoms with Crippen molar-refractivity contribution in [2.75, 3.05) is 5.75 Å². The van der Waals surface area contributed by atoms with E-state index in [1.807, 2.05) is 30.6 Å². The van der Waals surface area contributed by atoms with Crippen LogP contribution in [0.1, 0.15) is 31.0 Å². The van der Waals surface area contributed by atoms with E-state index >= 15 is 0 Å². The molecule has 3 rings (SSSR count). The standard InChI is InChI=1S/C20H22N2OS/c1-2-5-19-18(15-6-3-10-21-13-15)8-9-20(19)24-14-17(23)12-16-7-4-11-22-16/h3-4,6-11,13,19,22H,2,5,12,14H2,1H3. The minimum Gasteiger partial charge on any atom is -0.365 e. The Balaban J connectivity index is 1.60. The minimum atomic E-state index is 0.258. The van der Waals surface area contributed by atoms with E-state index in [4.69, 9.17) is 0 Å². The first-order chi connectivity index (χ1) is 11.8. The molecule has 0 amide bonds. The second-order valence-electron chi connectivity index (χ2n) is 5.97. The largest absolute Gasteiger partial charge is 0.365 e. The smallest absolute Gasteiger partial charge is 0.148 e. The summed E-state index contributed by atoms with van der Waals surface area (Å²) >= 11 is 1.69. The highest BCUT2D eigenvalue weighted by Crippen LogP contribution is 2.42. The van der Waals surface area contributed by atoms with Crippen molar-refractivity contribution in [1.82, 2.24) is 9.97 Å². The Morgan fingerprint density at radius 1 is 1.29 bits per heavy atom. The van der Waals surface area contributed by atoms with Crippen LogP contribution in [0.15, 0.2) is 59.9 Å². The third kappa shape index (κ3) is 4.06. The van der Waals surface area contributed by atoms with Crippen LogP contribution in [0.3, 0.4) is 0 Å². The molecule has 1 aliphatic rings. The number of allylic oxidation sites excluding steroid dienone is 4. The zero-order chi connectivity index (χ0) is 16.8. The highest BCUT2D eigenvalue weighted by Gasteiger charge is 2.24. The Kier molecular flexibility index (Phi) is 5.70. The highest BCUT2D eigenvalue weighted by molar-refractivity contribution is 8.03. The van der Waals surface area contributed by atoms with E-state index in [1.165, 1.54) is 16.0 Å². The fourth-order valence-electron chi connectivity index (χ4n) is 3.03. The summed E-state index contributed by atoms with van der Waals surface area (Å²) in [7, 11) is 0. The van der Waals surface area contributed by atoms with E-state index in [0.717, 1.165) is 18.5 Å². The maximum atomic E-state index is 12.2. The van der Waals surface area contributed by atoms with Crippen molar-refractivity contribution in [3.05, 3.63) is 71.2 Å². The lowest BCUT2D eigenvalue weighted by Gasteiger charge is -2.18. The number of pyridine rings is 1. The first-order valence-corrected chi connectivity index (χ1v) is 9.35. The second kappa shape index (κ2) is 8.15. The van der Waals surface area contributed by atoms with Gasteiger partial charge in [0.2, 0.25) is 0 Å². The molecule has 1 N–H and O–H groups in total. The van der Waals surface area contributed by atoms with Crippen molar-refractivity contribution in [2.24, 2.45) is 5.92 Å². The number of hydrogen-bond acceptors (Lipinski definition) is 3. The lowest BCUT2D eigenvalue weighted by molar-refractivity contribution is -0.116. The van der Waals surface area contributed by atoms with Gasteiger partial charge in [0.05, 0.1) is 5.75 Å². The van der Waals surface area contributed by atoms with Gasteiger partial charge in [-0.1, -0.05) is 31.6 Å². The summed E-state index contributed by atoms with van der Waals surface area (Å²) < 4.78 is 0. The monoisotopic (exact) mass is 338 g/mol. The third-order valence-electron chi connectivity index (χ3n) is 4.17. The van der Waals surface area contributed by atoms with E-state index in [1.54, 1.807) is 18.0 Å². The van der Waals surface area contributed by atoms with Crippen LogP contribution in [0, 0.1) is 5.92 Å². The average Bonchev–Trinajstić information content (AvgIpc) is 3.24. The summed E-state index contributed by atoms with van der Waals surface area (Å²) in [6, 6.07) is 7.97. The van der Waals surface area contributed by atoms with E-state index in [0.29, 0.717) is 18.1 Å². The SMILES string of the molecule is CCCC1C(SCC(=O)Cc2ccc[nH]2)=CC=C1c1cccnc1. The molecule has 0 radical (unpaired) electrons. The van der Waals surface area contributed by atoms with Crippen molar-refractivity contribution in [3.8, 4) is 0 Å². The molecule has 0 fully saturated rings. The molecule has 1 atom stereocenters. The van der Waals surface area contributed by atoms with Crippen LogP contribution in [0.2, 0.25) is 0 Å². The van der Waals surface area contributed by atoms with Crippen LogP contribution in [0.25, 0.3) is 5.57 Å². The summed E-state index contributed by atoms with van der Waals surface area (Å²) in [6.45, 7) is 2.21. The van der Waals surface area contributed by atoms with Gasteiger partial charge in [-0.15, -0.1) is 11.8 Å². The van der Waals surface area contributed by atoms with Crippen LogP contribution in [-0.4, -0.2) is 21.5 Å². The summed E-state index contributed by atoms with van der Waals surface area (Å²) in [6.07, 6.45) is 12.7. The van der Waals surface area contributed by atoms with Crippen molar-refractivity contribution in [1.29, 1.82) is 0 Å². The Morgan fingerprint density at radius 2 is 2.21 bits per heavy atom. The number of Topliss-reactive ketones (excluding diaryl/α,β-unsaturated/α-hetero) is 1. The van der Waals surface area contributed by atoms with E-state index in [9.17, 15) is 4.79 Å². The van der Waals surface area contributed by atoms with Crippen LogP contribution in [0.4, 0.5) is 0 Å². The molecule has 2 aromatic rings. The Hall–Kier alpha value is -2.07. The van der Waals surface area contributed by atoms with Crippen molar-refractivity contribution in [3.63, 3.8) is 0 Å². The number of thioether (sulfide) groups is 1. The molecule has 0 bridgehead atoms. The van der Waals surface area contributed by atoms with Crippen LogP contribution in [0.5, 0.6) is 0 Å². The molecule has 0 saturated carbocycles. The van der Waals surface area contributed by atoms with Gasteiger partial charge in [0, 0.05) is 36.6 Å². The molecule has 0 saturated heterocycles. The zero-order valence-corrected chi connectivity index (χ0v) is 14.7. The molecule has 0 spiro atoms. The van der Waals surface area contributed by atoms with Gasteiger partial charge < -0.3 is 4.98 Å². The van der Waals surface area contributed by atoms with Crippen molar-refractivity contribution < 1.29 is 4.79 Å². The lowest BCUT2D eigenvalue weighted by Crippen LogP contribution is -2.08. The molecular formula is C20H22N2OS. The molecule has 3 nitrogen and oxygen atoms in total. The quantitative estimate of drug-likeness (QED) is 0.762. The van der Waals surface area contributed by atoms with Gasteiger partial charge in [-0.25, -0.2) is 0 Å². The van der Waals surface area contributed by atoms with Gasteiger partial charge in [0.1, 0.15) is 5.78 Å². The lowest BCUT2D eigenvalue weighted by atomic mass is 9.93. The third-order valence-corrected chi connectivity index (χ3v) is 5.39. The van der Waals surface area contributed by atoms with Gasteiger partial charge in [-0.05, 0) is 40.7 Å². The molecule has 1 unspecified atom stereocenters. The van der Waals surface area contributed by atoms with Gasteiger partial charge in [0.25, 0.3) is 0 Å². The number of ketones is 1. The number of nitrogens with zero attached hydrogens (tertiary/aromatic N) is 1. The number of aromatic amines is 1. The Morgan fingerprint density at radius 3 is 2.92 bits per heavy atom. The highest BCUT2D eigenvalue weighted by atomic mass is 32.2. The van der Waals surface area contributed by atoms with E-state index < -0.39 is 0 Å². The van der Waals surface area contributed by atoms with Crippen LogP contribution < -0.4 is 0 Å². The molecule has 0 aromatic carbocycles. The van der Waals surface area contributed by atoms with Crippen molar-refractivity contribution >= 4 is 23.1 Å². The zero-order valence-electron chi connectivity index (χ0n) is 13.9. The maximum absolute atomic E-state index is 12.2. The van der Waals surface area contributed by atoms with Gasteiger partial charge in [0.15, 0.2) is 0 Å². The normalized spacial score (nSPS) is 16.8. The number of carbonyl (C=O) groups excluding carboxylic acids is 1. The first kappa shape index (κ1) is 16.8. The molecular weight excluding hydrogens is 316 g/mol. The number of hydrogen-bond donors (Lipinski definition) is 1. The number of H-pyrrole nitrogens is 1. The molecule has 2 heterocycles. The second-order valence-corrected chi connectivity index (χ2v) is 7.02. The Labute approximate surface area is 147 Å². The van der Waals surface area contributed by atoms with Crippen molar-refractivity contribution in [2.45, 2.75) is 26.2 Å². The summed E-state index contributed by atoms with van der Waals surface area (Å²) in [5, 5.41) is 0. The minimum absolute atomic E-state index is 0.258. The molecule has 2 aromatic heterocycles. The number of aromatic nitrogens is 2. The fourth-order valence-corrected chi connectivity index (χ4v) is 4.07. The summed E-state index contributed by atoms with van der Waals surface area (Å²) in [5.74, 6) is 1.18. The number of nitrogens with one attached hydrogen (secondary N) is 1. The summed E-state index contributed by atoms with van der Waals surface area (Å²) in [5.41, 5.74) is 3.49. The maximum Gasteiger partial charge on any atom is 0.148 e. The molecule has 1 aliphatic carbocycles. The average molecular weight is 338 g/mol. The van der Waals surface area contributed by atoms with Gasteiger partial charge >= 0.3 is 0 Å². The first-order valence-electron chi connectivity index (χ1n) is 8.37. The van der Waals surface area contributed by atoms with Crippen LogP contribution >= 0.6 is 11.8 Å². The predicted octanol–water partition coefficient (Wildman–Crippen LogP) is 4.65. The fraction of sp³-hybridized carbons (Fsp3) is 0.300. The molecule has 4 heteroatoms. The predicted molar refractivity (Wildman–Crippen MR) is 101 cm³/mol. The van der Waals surface area contributed by atoms with E-state index in [2.05, 4.69) is 35.1 Å². The van der Waals surface area contributed by atoms with E-state index in [-0.39, 0.29) is 5.78 Å².